The Balaban J connectivity index is 2.32. The summed E-state index contributed by atoms with van der Waals surface area (Å²) in [7, 11) is 0. The molecule has 1 fully saturated rings. The van der Waals surface area contributed by atoms with Crippen molar-refractivity contribution >= 4 is 52.6 Å². The number of thioether (sulfide) groups is 1. The Kier molecular flexibility index (Phi) is 5.62. The number of rotatable bonds is 3. The van der Waals surface area contributed by atoms with Gasteiger partial charge in [0, 0.05) is 10.4 Å². The maximum Gasteiger partial charge on any atom is 0.323 e. The second-order valence-corrected chi connectivity index (χ2v) is 9.21. The highest BCUT2D eigenvalue weighted by Gasteiger charge is 2.53. The maximum absolute atomic E-state index is 12.8. The van der Waals surface area contributed by atoms with Gasteiger partial charge in [0.1, 0.15) is 6.04 Å². The first-order valence-corrected chi connectivity index (χ1v) is 9.19. The Hall–Kier alpha value is -1.11. The number of primary amides is 1. The number of nitrogens with one attached hydrogen (secondary N) is 1. The van der Waals surface area contributed by atoms with Crippen molar-refractivity contribution in [3.05, 3.63) is 28.2 Å². The Morgan fingerprint density at radius 1 is 1.29 bits per heavy atom. The molecular weight excluding hydrogens is 369 g/mol. The van der Waals surface area contributed by atoms with Gasteiger partial charge in [-0.2, -0.15) is 0 Å². The standard InChI is InChI=1S/C16H21Cl2N3O2S/c1-8(2)14-21(12(13(19)22)16(3,4)24-14)15(23)20-9-5-6-10(17)11(18)7-9/h5-8,12,14H,1-4H3,(H2,19,22)(H,20,23). The lowest BCUT2D eigenvalue weighted by Gasteiger charge is -2.31. The molecule has 2 rings (SSSR count). The topological polar surface area (TPSA) is 75.4 Å². The van der Waals surface area contributed by atoms with Crippen molar-refractivity contribution in [1.82, 2.24) is 4.90 Å². The lowest BCUT2D eigenvalue weighted by molar-refractivity contribution is -0.122. The monoisotopic (exact) mass is 389 g/mol. The molecule has 1 aliphatic heterocycles. The molecule has 3 amide bonds. The van der Waals surface area contributed by atoms with Crippen molar-refractivity contribution in [1.29, 1.82) is 0 Å². The molecule has 1 saturated heterocycles. The lowest BCUT2D eigenvalue weighted by Crippen LogP contribution is -2.55. The van der Waals surface area contributed by atoms with Crippen LogP contribution in [0.2, 0.25) is 10.0 Å². The summed E-state index contributed by atoms with van der Waals surface area (Å²) in [6.45, 7) is 7.87. The summed E-state index contributed by atoms with van der Waals surface area (Å²) >= 11 is 13.5. The van der Waals surface area contributed by atoms with Gasteiger partial charge in [0.2, 0.25) is 5.91 Å². The van der Waals surface area contributed by atoms with Gasteiger partial charge in [-0.25, -0.2) is 4.79 Å². The molecule has 3 N–H and O–H groups in total. The molecule has 0 spiro atoms. The first-order valence-electron chi connectivity index (χ1n) is 7.56. The highest BCUT2D eigenvalue weighted by molar-refractivity contribution is 8.01. The number of hydrogen-bond donors (Lipinski definition) is 2. The van der Waals surface area contributed by atoms with E-state index in [1.807, 2.05) is 27.7 Å². The summed E-state index contributed by atoms with van der Waals surface area (Å²) in [5, 5.41) is 3.38. The fourth-order valence-corrected chi connectivity index (χ4v) is 4.73. The molecule has 1 aromatic carbocycles. The van der Waals surface area contributed by atoms with E-state index in [1.54, 1.807) is 34.9 Å². The van der Waals surface area contributed by atoms with Crippen LogP contribution in [-0.2, 0) is 4.79 Å². The molecule has 1 aromatic rings. The Labute approximate surface area is 156 Å². The minimum Gasteiger partial charge on any atom is -0.368 e. The number of benzene rings is 1. The highest BCUT2D eigenvalue weighted by atomic mass is 35.5. The van der Waals surface area contributed by atoms with Crippen molar-refractivity contribution in [2.24, 2.45) is 11.7 Å². The number of halogens is 2. The van der Waals surface area contributed by atoms with E-state index in [1.165, 1.54) is 0 Å². The van der Waals surface area contributed by atoms with Crippen LogP contribution >= 0.6 is 35.0 Å². The van der Waals surface area contributed by atoms with Gasteiger partial charge < -0.3 is 11.1 Å². The van der Waals surface area contributed by atoms with E-state index >= 15 is 0 Å². The SMILES string of the molecule is CC(C)C1SC(C)(C)C(C(N)=O)N1C(=O)Nc1ccc(Cl)c(Cl)c1. The van der Waals surface area contributed by atoms with Crippen LogP contribution in [0.4, 0.5) is 10.5 Å². The smallest absolute Gasteiger partial charge is 0.323 e. The van der Waals surface area contributed by atoms with E-state index in [0.29, 0.717) is 15.7 Å². The summed E-state index contributed by atoms with van der Waals surface area (Å²) in [4.78, 5) is 26.4. The van der Waals surface area contributed by atoms with Crippen molar-refractivity contribution in [3.8, 4) is 0 Å². The van der Waals surface area contributed by atoms with E-state index in [4.69, 9.17) is 28.9 Å². The van der Waals surface area contributed by atoms with E-state index < -0.39 is 16.7 Å². The number of amides is 3. The fourth-order valence-electron chi connectivity index (χ4n) is 2.85. The molecule has 0 aliphatic carbocycles. The van der Waals surface area contributed by atoms with Crippen LogP contribution in [0.1, 0.15) is 27.7 Å². The third-order valence-electron chi connectivity index (χ3n) is 3.88. The molecule has 2 atom stereocenters. The van der Waals surface area contributed by atoms with E-state index in [-0.39, 0.29) is 17.3 Å². The molecule has 8 heteroatoms. The average molecular weight is 390 g/mol. The van der Waals surface area contributed by atoms with E-state index in [9.17, 15) is 9.59 Å². The lowest BCUT2D eigenvalue weighted by atomic mass is 10.0. The molecule has 0 aromatic heterocycles. The molecule has 0 radical (unpaired) electrons. The molecule has 2 unspecified atom stereocenters. The quantitative estimate of drug-likeness (QED) is 0.813. The Morgan fingerprint density at radius 2 is 1.92 bits per heavy atom. The van der Waals surface area contributed by atoms with Crippen LogP contribution in [0.5, 0.6) is 0 Å². The summed E-state index contributed by atoms with van der Waals surface area (Å²) in [6, 6.07) is 3.75. The predicted molar refractivity (Wildman–Crippen MR) is 101 cm³/mol. The van der Waals surface area contributed by atoms with E-state index in [0.717, 1.165) is 0 Å². The van der Waals surface area contributed by atoms with Gasteiger partial charge in [-0.1, -0.05) is 37.0 Å². The number of nitrogens with two attached hydrogens (primary N) is 1. The minimum absolute atomic E-state index is 0.153. The number of hydrogen-bond acceptors (Lipinski definition) is 3. The van der Waals surface area contributed by atoms with Crippen LogP contribution in [0.15, 0.2) is 18.2 Å². The van der Waals surface area contributed by atoms with Crippen LogP contribution in [0, 0.1) is 5.92 Å². The van der Waals surface area contributed by atoms with Gasteiger partial charge in [-0.3, -0.25) is 9.69 Å². The molecule has 1 heterocycles. The first kappa shape index (κ1) is 19.2. The van der Waals surface area contributed by atoms with Gasteiger partial charge >= 0.3 is 6.03 Å². The zero-order valence-corrected chi connectivity index (χ0v) is 16.3. The number of nitrogens with zero attached hydrogens (tertiary/aromatic N) is 1. The molecule has 0 bridgehead atoms. The zero-order valence-electron chi connectivity index (χ0n) is 14.0. The number of carbonyl (C=O) groups is 2. The van der Waals surface area contributed by atoms with Crippen LogP contribution in [-0.4, -0.2) is 33.0 Å². The molecule has 24 heavy (non-hydrogen) atoms. The van der Waals surface area contributed by atoms with Gasteiger partial charge in [-0.05, 0) is 38.0 Å². The summed E-state index contributed by atoms with van der Waals surface area (Å²) in [6.07, 6.45) is 0. The molecular formula is C16H21Cl2N3O2S. The van der Waals surface area contributed by atoms with Gasteiger partial charge in [0.25, 0.3) is 0 Å². The highest BCUT2D eigenvalue weighted by Crippen LogP contribution is 2.47. The van der Waals surface area contributed by atoms with Gasteiger partial charge in [0.15, 0.2) is 0 Å². The number of anilines is 1. The summed E-state index contributed by atoms with van der Waals surface area (Å²) in [5.41, 5.74) is 6.10. The van der Waals surface area contributed by atoms with Gasteiger partial charge in [-0.15, -0.1) is 11.8 Å². The summed E-state index contributed by atoms with van der Waals surface area (Å²) < 4.78 is -0.463. The normalized spacial score (nSPS) is 22.7. The van der Waals surface area contributed by atoms with Gasteiger partial charge in [0.05, 0.1) is 15.4 Å². The number of urea groups is 1. The van der Waals surface area contributed by atoms with Crippen LogP contribution in [0.3, 0.4) is 0 Å². The third kappa shape index (κ3) is 3.76. The van der Waals surface area contributed by atoms with Crippen molar-refractivity contribution in [2.75, 3.05) is 5.32 Å². The third-order valence-corrected chi connectivity index (χ3v) is 6.46. The first-order chi connectivity index (χ1) is 11.0. The van der Waals surface area contributed by atoms with E-state index in [2.05, 4.69) is 5.32 Å². The molecule has 0 saturated carbocycles. The number of carbonyl (C=O) groups excluding carboxylic acids is 2. The van der Waals surface area contributed by atoms with Crippen molar-refractivity contribution < 1.29 is 9.59 Å². The maximum atomic E-state index is 12.8. The minimum atomic E-state index is -0.697. The average Bonchev–Trinajstić information content (AvgIpc) is 2.75. The predicted octanol–water partition coefficient (Wildman–Crippen LogP) is 4.19. The Bertz CT molecular complexity index is 667. The van der Waals surface area contributed by atoms with Crippen molar-refractivity contribution in [2.45, 2.75) is 43.9 Å². The zero-order chi connectivity index (χ0) is 18.2. The summed E-state index contributed by atoms with van der Waals surface area (Å²) in [5.74, 6) is -0.349. The van der Waals surface area contributed by atoms with Crippen LogP contribution < -0.4 is 11.1 Å². The fraction of sp³-hybridized carbons (Fsp3) is 0.500. The molecule has 1 aliphatic rings. The molecule has 5 nitrogen and oxygen atoms in total. The van der Waals surface area contributed by atoms with Crippen LogP contribution in [0.25, 0.3) is 0 Å². The Morgan fingerprint density at radius 3 is 2.42 bits per heavy atom. The van der Waals surface area contributed by atoms with Crippen molar-refractivity contribution in [3.63, 3.8) is 0 Å². The second kappa shape index (κ2) is 7.02. The largest absolute Gasteiger partial charge is 0.368 e. The molecule has 132 valence electrons. The second-order valence-electron chi connectivity index (χ2n) is 6.63.